The van der Waals surface area contributed by atoms with Gasteiger partial charge in [0.05, 0.1) is 22.2 Å². The minimum atomic E-state index is -3.49. The van der Waals surface area contributed by atoms with E-state index in [2.05, 4.69) is 20.6 Å². The molecule has 7 nitrogen and oxygen atoms in total. The summed E-state index contributed by atoms with van der Waals surface area (Å²) in [5.41, 5.74) is 2.67. The quantitative estimate of drug-likeness (QED) is 0.889. The zero-order valence-electron chi connectivity index (χ0n) is 9.89. The predicted molar refractivity (Wildman–Crippen MR) is 69.8 cm³/mol. The van der Waals surface area contributed by atoms with E-state index in [1.54, 1.807) is 0 Å². The lowest BCUT2D eigenvalue weighted by Gasteiger charge is -2.18. The van der Waals surface area contributed by atoms with Crippen molar-refractivity contribution in [2.75, 3.05) is 22.2 Å². The van der Waals surface area contributed by atoms with Gasteiger partial charge in [0.2, 0.25) is 10.0 Å². The monoisotopic (exact) mass is 307 g/mol. The number of halogens is 2. The van der Waals surface area contributed by atoms with Crippen molar-refractivity contribution in [2.24, 2.45) is 10.3 Å². The van der Waals surface area contributed by atoms with Crippen LogP contribution in [0.3, 0.4) is 0 Å². The molecule has 0 atom stereocenters. The Morgan fingerprint density at radius 2 is 2.32 bits per heavy atom. The van der Waals surface area contributed by atoms with Crippen molar-refractivity contribution in [3.05, 3.63) is 23.0 Å². The third kappa shape index (κ3) is 3.04. The second-order valence-corrected chi connectivity index (χ2v) is 6.12. The van der Waals surface area contributed by atoms with Gasteiger partial charge < -0.3 is 0 Å². The highest BCUT2D eigenvalue weighted by Crippen LogP contribution is 2.31. The van der Waals surface area contributed by atoms with E-state index in [-0.39, 0.29) is 28.8 Å². The summed E-state index contributed by atoms with van der Waals surface area (Å²) in [5, 5.41) is 8.41. The van der Waals surface area contributed by atoms with Crippen LogP contribution in [0.1, 0.15) is 6.92 Å². The summed E-state index contributed by atoms with van der Waals surface area (Å²) in [6.07, 6.45) is 0. The Morgan fingerprint density at radius 1 is 1.58 bits per heavy atom. The Bertz CT molecular complexity index is 613. The molecule has 0 amide bonds. The Hall–Kier alpha value is -1.61. The van der Waals surface area contributed by atoms with Gasteiger partial charge in [-0.05, 0) is 19.1 Å². The van der Waals surface area contributed by atoms with Gasteiger partial charge in [-0.3, -0.25) is 4.72 Å². The van der Waals surface area contributed by atoms with Crippen LogP contribution in [0.15, 0.2) is 22.5 Å². The fourth-order valence-electron chi connectivity index (χ4n) is 1.40. The number of sulfonamides is 1. The van der Waals surface area contributed by atoms with Crippen LogP contribution in [-0.4, -0.2) is 20.8 Å². The lowest BCUT2D eigenvalue weighted by Crippen LogP contribution is -2.30. The van der Waals surface area contributed by atoms with Gasteiger partial charge in [0, 0.05) is 0 Å². The summed E-state index contributed by atoms with van der Waals surface area (Å²) < 4.78 is 39.1. The first-order valence-corrected chi connectivity index (χ1v) is 7.35. The van der Waals surface area contributed by atoms with Crippen molar-refractivity contribution >= 4 is 33.0 Å². The van der Waals surface area contributed by atoms with Crippen LogP contribution in [0.4, 0.5) is 15.8 Å². The van der Waals surface area contributed by atoms with Crippen LogP contribution in [0.25, 0.3) is 0 Å². The van der Waals surface area contributed by atoms with E-state index in [4.69, 9.17) is 11.6 Å². The summed E-state index contributed by atoms with van der Waals surface area (Å²) in [4.78, 5) is 0. The van der Waals surface area contributed by atoms with Crippen molar-refractivity contribution in [3.63, 3.8) is 0 Å². The Balaban J connectivity index is 2.36. The summed E-state index contributed by atoms with van der Waals surface area (Å²) >= 11 is 5.82. The maximum absolute atomic E-state index is 13.8. The van der Waals surface area contributed by atoms with E-state index in [0.29, 0.717) is 0 Å². The first-order chi connectivity index (χ1) is 8.93. The maximum atomic E-state index is 13.8. The molecule has 1 aliphatic rings. The molecule has 0 aromatic heterocycles. The fraction of sp³-hybridized carbons (Fsp3) is 0.333. The molecule has 0 saturated carbocycles. The molecule has 0 fully saturated rings. The molecule has 1 aromatic rings. The largest absolute Gasteiger partial charge is 0.282 e. The first kappa shape index (κ1) is 13.8. The standard InChI is InChI=1S/C9H11ClFN5O2S/c1-2-19(17,18)13-8-4-9(7(11)3-6(8)10)16-5-12-14-15-16/h3-4,13H,2,5H2,1H3,(H,12,15). The van der Waals surface area contributed by atoms with Gasteiger partial charge in [-0.1, -0.05) is 16.8 Å². The highest BCUT2D eigenvalue weighted by Gasteiger charge is 2.19. The average Bonchev–Trinajstić information content (AvgIpc) is 2.86. The maximum Gasteiger partial charge on any atom is 0.232 e. The van der Waals surface area contributed by atoms with E-state index >= 15 is 0 Å². The number of nitrogens with one attached hydrogen (secondary N) is 2. The molecule has 1 heterocycles. The molecule has 0 spiro atoms. The number of nitrogens with zero attached hydrogens (tertiary/aromatic N) is 3. The van der Waals surface area contributed by atoms with Gasteiger partial charge in [-0.15, -0.1) is 5.11 Å². The SMILES string of the molecule is CCS(=O)(=O)Nc1cc(N2CN=NN2)c(F)cc1Cl. The van der Waals surface area contributed by atoms with Crippen LogP contribution in [0.5, 0.6) is 0 Å². The lowest BCUT2D eigenvalue weighted by atomic mass is 10.2. The lowest BCUT2D eigenvalue weighted by molar-refractivity contribution is 0.601. The van der Waals surface area contributed by atoms with E-state index < -0.39 is 15.8 Å². The molecule has 0 unspecified atom stereocenters. The highest BCUT2D eigenvalue weighted by atomic mass is 35.5. The molecule has 10 heteroatoms. The second-order valence-electron chi connectivity index (χ2n) is 3.70. The third-order valence-electron chi connectivity index (χ3n) is 2.41. The molecule has 2 N–H and O–H groups in total. The number of hydrazine groups is 1. The Kier molecular flexibility index (Phi) is 3.76. The van der Waals surface area contributed by atoms with Gasteiger partial charge in [-0.25, -0.2) is 17.8 Å². The summed E-state index contributed by atoms with van der Waals surface area (Å²) in [6, 6.07) is 2.32. The van der Waals surface area contributed by atoms with Crippen LogP contribution in [0.2, 0.25) is 5.02 Å². The Labute approximate surface area is 114 Å². The minimum Gasteiger partial charge on any atom is -0.282 e. The van der Waals surface area contributed by atoms with Crippen LogP contribution in [0, 0.1) is 5.82 Å². The van der Waals surface area contributed by atoms with Crippen molar-refractivity contribution < 1.29 is 12.8 Å². The smallest absolute Gasteiger partial charge is 0.232 e. The predicted octanol–water partition coefficient (Wildman–Crippen LogP) is 1.89. The number of hydrogen-bond donors (Lipinski definition) is 2. The third-order valence-corrected chi connectivity index (χ3v) is 4.02. The molecule has 0 bridgehead atoms. The second kappa shape index (κ2) is 5.17. The zero-order valence-corrected chi connectivity index (χ0v) is 11.5. The molecule has 2 rings (SSSR count). The Morgan fingerprint density at radius 3 is 2.89 bits per heavy atom. The van der Waals surface area contributed by atoms with E-state index in [1.165, 1.54) is 18.0 Å². The molecular formula is C9H11ClFN5O2S. The molecule has 1 aliphatic heterocycles. The molecule has 0 radical (unpaired) electrons. The molecule has 0 aliphatic carbocycles. The first-order valence-electron chi connectivity index (χ1n) is 5.32. The molecule has 0 saturated heterocycles. The molecule has 104 valence electrons. The van der Waals surface area contributed by atoms with Crippen molar-refractivity contribution in [1.82, 2.24) is 5.53 Å². The van der Waals surface area contributed by atoms with Crippen molar-refractivity contribution in [2.45, 2.75) is 6.92 Å². The summed E-state index contributed by atoms with van der Waals surface area (Å²) in [6.45, 7) is 1.61. The number of rotatable bonds is 4. The van der Waals surface area contributed by atoms with Crippen molar-refractivity contribution in [1.29, 1.82) is 0 Å². The average molecular weight is 308 g/mol. The minimum absolute atomic E-state index is 0.0219. The normalized spacial score (nSPS) is 14.6. The van der Waals surface area contributed by atoms with Crippen LogP contribution in [-0.2, 0) is 10.0 Å². The van der Waals surface area contributed by atoms with Gasteiger partial charge in [0.15, 0.2) is 6.67 Å². The van der Waals surface area contributed by atoms with E-state index in [0.717, 1.165) is 6.07 Å². The van der Waals surface area contributed by atoms with Gasteiger partial charge in [0.1, 0.15) is 5.82 Å². The summed E-state index contributed by atoms with van der Waals surface area (Å²) in [7, 11) is -3.49. The van der Waals surface area contributed by atoms with E-state index in [1.807, 2.05) is 0 Å². The van der Waals surface area contributed by atoms with E-state index in [9.17, 15) is 12.8 Å². The molecular weight excluding hydrogens is 297 g/mol. The number of hydrogen-bond acceptors (Lipinski definition) is 6. The van der Waals surface area contributed by atoms with Crippen LogP contribution < -0.4 is 15.3 Å². The van der Waals surface area contributed by atoms with Gasteiger partial charge >= 0.3 is 0 Å². The molecule has 19 heavy (non-hydrogen) atoms. The zero-order chi connectivity index (χ0) is 14.0. The van der Waals surface area contributed by atoms with Gasteiger partial charge in [-0.2, -0.15) is 5.53 Å². The fourth-order valence-corrected chi connectivity index (χ4v) is 2.31. The molecule has 1 aromatic carbocycles. The highest BCUT2D eigenvalue weighted by molar-refractivity contribution is 7.92. The van der Waals surface area contributed by atoms with Gasteiger partial charge in [0.25, 0.3) is 0 Å². The number of benzene rings is 1. The summed E-state index contributed by atoms with van der Waals surface area (Å²) in [5.74, 6) is -0.716. The van der Waals surface area contributed by atoms with Crippen LogP contribution >= 0.6 is 11.6 Å². The number of anilines is 2. The topological polar surface area (TPSA) is 86.2 Å². The van der Waals surface area contributed by atoms with Crippen molar-refractivity contribution in [3.8, 4) is 0 Å².